The van der Waals surface area contributed by atoms with Crippen molar-refractivity contribution in [2.24, 2.45) is 0 Å². The Morgan fingerprint density at radius 2 is 1.74 bits per heavy atom. The maximum absolute atomic E-state index is 12.6. The van der Waals surface area contributed by atoms with E-state index in [9.17, 15) is 19.5 Å². The van der Waals surface area contributed by atoms with Gasteiger partial charge >= 0.3 is 12.1 Å². The number of rotatable bonds is 9. The Kier molecular flexibility index (Phi) is 7.22. The molecule has 2 aromatic carbocycles. The molecule has 8 nitrogen and oxygen atoms in total. The van der Waals surface area contributed by atoms with Gasteiger partial charge in [0.1, 0.15) is 12.6 Å². The third kappa shape index (κ3) is 5.26. The number of aryl methyl sites for hydroxylation is 1. The summed E-state index contributed by atoms with van der Waals surface area (Å²) in [5.74, 6) is -1.90. The second-order valence-corrected chi connectivity index (χ2v) is 8.96. The fraction of sp³-hybridized carbons (Fsp3) is 0.280. The van der Waals surface area contributed by atoms with Gasteiger partial charge in [-0.15, -0.1) is 11.3 Å². The molecular weight excluding hydrogens is 454 g/mol. The van der Waals surface area contributed by atoms with Crippen molar-refractivity contribution in [2.75, 3.05) is 13.2 Å². The number of ether oxygens (including phenoxy) is 1. The van der Waals surface area contributed by atoms with Crippen LogP contribution in [0.3, 0.4) is 0 Å². The number of fused-ring (bicyclic) bond motifs is 3. The summed E-state index contributed by atoms with van der Waals surface area (Å²) in [6.45, 7) is 2.27. The maximum Gasteiger partial charge on any atom is 0.407 e. The first kappa shape index (κ1) is 23.4. The fourth-order valence-corrected chi connectivity index (χ4v) is 4.94. The standard InChI is InChI=1S/C25H25N3O5S/c1-15-22(34-14-27-15)10-11-26-24(31)21(12-23(29)30)28-25(32)33-13-20-18-8-4-2-6-16(18)17-7-3-5-9-19(17)20/h2-9,14,20-21H,10-13H2,1H3,(H,26,31)(H,28,32)(H,29,30). The van der Waals surface area contributed by atoms with Gasteiger partial charge in [-0.05, 0) is 29.2 Å². The minimum atomic E-state index is -1.24. The van der Waals surface area contributed by atoms with Crippen molar-refractivity contribution in [1.29, 1.82) is 0 Å². The van der Waals surface area contributed by atoms with Gasteiger partial charge in [-0.1, -0.05) is 48.5 Å². The molecule has 1 aliphatic carbocycles. The van der Waals surface area contributed by atoms with Crippen LogP contribution < -0.4 is 10.6 Å². The number of hydrogen-bond acceptors (Lipinski definition) is 6. The molecule has 0 saturated heterocycles. The Labute approximate surface area is 201 Å². The minimum absolute atomic E-state index is 0.0753. The summed E-state index contributed by atoms with van der Waals surface area (Å²) in [7, 11) is 0. The zero-order valence-electron chi connectivity index (χ0n) is 18.6. The van der Waals surface area contributed by atoms with E-state index in [-0.39, 0.29) is 12.5 Å². The van der Waals surface area contributed by atoms with Gasteiger partial charge in [0.05, 0.1) is 17.6 Å². The van der Waals surface area contributed by atoms with E-state index in [0.717, 1.165) is 32.8 Å². The van der Waals surface area contributed by atoms with E-state index in [1.165, 1.54) is 11.3 Å². The molecule has 34 heavy (non-hydrogen) atoms. The highest BCUT2D eigenvalue weighted by atomic mass is 32.1. The molecule has 9 heteroatoms. The number of nitrogens with zero attached hydrogens (tertiary/aromatic N) is 1. The van der Waals surface area contributed by atoms with Crippen molar-refractivity contribution in [3.8, 4) is 11.1 Å². The summed E-state index contributed by atoms with van der Waals surface area (Å²) in [5, 5.41) is 14.3. The van der Waals surface area contributed by atoms with E-state index in [4.69, 9.17) is 4.74 Å². The van der Waals surface area contributed by atoms with Gasteiger partial charge in [0.25, 0.3) is 0 Å². The first-order valence-electron chi connectivity index (χ1n) is 10.9. The Morgan fingerprint density at radius 1 is 1.09 bits per heavy atom. The first-order chi connectivity index (χ1) is 16.4. The van der Waals surface area contributed by atoms with Crippen LogP contribution in [0.15, 0.2) is 54.0 Å². The molecule has 1 atom stereocenters. The quantitative estimate of drug-likeness (QED) is 0.432. The monoisotopic (exact) mass is 479 g/mol. The molecule has 1 heterocycles. The number of nitrogens with one attached hydrogen (secondary N) is 2. The molecule has 0 saturated carbocycles. The lowest BCUT2D eigenvalue weighted by Gasteiger charge is -2.18. The molecule has 2 amide bonds. The molecule has 1 aliphatic rings. The van der Waals surface area contributed by atoms with Crippen LogP contribution in [-0.4, -0.2) is 47.3 Å². The highest BCUT2D eigenvalue weighted by Crippen LogP contribution is 2.44. The molecule has 0 aliphatic heterocycles. The number of carboxylic acids is 1. The van der Waals surface area contributed by atoms with Gasteiger partial charge in [-0.25, -0.2) is 9.78 Å². The number of alkyl carbamates (subject to hydrolysis) is 1. The second-order valence-electron chi connectivity index (χ2n) is 8.02. The summed E-state index contributed by atoms with van der Waals surface area (Å²) in [4.78, 5) is 41.5. The molecule has 0 radical (unpaired) electrons. The zero-order valence-corrected chi connectivity index (χ0v) is 19.4. The van der Waals surface area contributed by atoms with Gasteiger partial charge in [0.2, 0.25) is 5.91 Å². The number of aromatic nitrogens is 1. The third-order valence-electron chi connectivity index (χ3n) is 5.83. The smallest absolute Gasteiger partial charge is 0.407 e. The number of carboxylic acid groups (broad SMARTS) is 1. The molecule has 4 rings (SSSR count). The summed E-state index contributed by atoms with van der Waals surface area (Å²) < 4.78 is 5.45. The van der Waals surface area contributed by atoms with Crippen molar-refractivity contribution >= 4 is 29.3 Å². The molecule has 0 spiro atoms. The number of thiazole rings is 1. The second kappa shape index (κ2) is 10.5. The predicted molar refractivity (Wildman–Crippen MR) is 128 cm³/mol. The van der Waals surface area contributed by atoms with E-state index in [0.29, 0.717) is 13.0 Å². The van der Waals surface area contributed by atoms with Crippen molar-refractivity contribution in [2.45, 2.75) is 31.7 Å². The zero-order chi connectivity index (χ0) is 24.1. The van der Waals surface area contributed by atoms with Crippen LogP contribution in [0.25, 0.3) is 11.1 Å². The van der Waals surface area contributed by atoms with E-state index in [2.05, 4.69) is 15.6 Å². The van der Waals surface area contributed by atoms with Crippen LogP contribution in [-0.2, 0) is 20.7 Å². The molecule has 3 N–H and O–H groups in total. The van der Waals surface area contributed by atoms with E-state index in [1.807, 2.05) is 55.5 Å². The van der Waals surface area contributed by atoms with Gasteiger partial charge in [0, 0.05) is 23.8 Å². The van der Waals surface area contributed by atoms with Crippen LogP contribution in [0.2, 0.25) is 0 Å². The van der Waals surface area contributed by atoms with Crippen molar-refractivity contribution in [1.82, 2.24) is 15.6 Å². The van der Waals surface area contributed by atoms with Crippen molar-refractivity contribution in [3.63, 3.8) is 0 Å². The number of hydrogen-bond donors (Lipinski definition) is 3. The third-order valence-corrected chi connectivity index (χ3v) is 6.82. The molecule has 3 aromatic rings. The molecule has 176 valence electrons. The minimum Gasteiger partial charge on any atom is -0.481 e. The van der Waals surface area contributed by atoms with Gasteiger partial charge in [-0.2, -0.15) is 0 Å². The van der Waals surface area contributed by atoms with Crippen LogP contribution in [0.5, 0.6) is 0 Å². The topological polar surface area (TPSA) is 118 Å². The number of aliphatic carboxylic acids is 1. The van der Waals surface area contributed by atoms with Crippen LogP contribution in [0.4, 0.5) is 4.79 Å². The maximum atomic E-state index is 12.6. The molecule has 1 aromatic heterocycles. The predicted octanol–water partition coefficient (Wildman–Crippen LogP) is 3.49. The lowest BCUT2D eigenvalue weighted by atomic mass is 9.98. The normalized spacial score (nSPS) is 13.0. The SMILES string of the molecule is Cc1ncsc1CCNC(=O)C(CC(=O)O)NC(=O)OCC1c2ccccc2-c2ccccc21. The summed E-state index contributed by atoms with van der Waals surface area (Å²) in [6, 6.07) is 14.7. The average Bonchev–Trinajstić information content (AvgIpc) is 3.37. The van der Waals surface area contributed by atoms with Crippen LogP contribution >= 0.6 is 11.3 Å². The van der Waals surface area contributed by atoms with Crippen LogP contribution in [0.1, 0.15) is 34.0 Å². The Bertz CT molecular complexity index is 1160. The number of carbonyl (C=O) groups excluding carboxylic acids is 2. The largest absolute Gasteiger partial charge is 0.481 e. The molecule has 0 bridgehead atoms. The van der Waals surface area contributed by atoms with E-state index in [1.54, 1.807) is 5.51 Å². The Hall–Kier alpha value is -3.72. The van der Waals surface area contributed by atoms with Crippen molar-refractivity contribution < 1.29 is 24.2 Å². The lowest BCUT2D eigenvalue weighted by Crippen LogP contribution is -2.48. The lowest BCUT2D eigenvalue weighted by molar-refractivity contribution is -0.139. The van der Waals surface area contributed by atoms with Gasteiger partial charge in [-0.3, -0.25) is 9.59 Å². The van der Waals surface area contributed by atoms with Gasteiger partial charge in [0.15, 0.2) is 0 Å². The van der Waals surface area contributed by atoms with E-state index < -0.39 is 30.4 Å². The molecule has 1 unspecified atom stereocenters. The summed E-state index contributed by atoms with van der Waals surface area (Å²) in [6.07, 6.45) is -0.802. The number of amides is 2. The van der Waals surface area contributed by atoms with E-state index >= 15 is 0 Å². The Morgan fingerprint density at radius 3 is 2.32 bits per heavy atom. The molecule has 0 fully saturated rings. The van der Waals surface area contributed by atoms with Crippen molar-refractivity contribution in [3.05, 3.63) is 75.7 Å². The Balaban J connectivity index is 1.35. The average molecular weight is 480 g/mol. The molecular formula is C25H25N3O5S. The fourth-order valence-electron chi connectivity index (χ4n) is 4.15. The number of benzene rings is 2. The first-order valence-corrected chi connectivity index (χ1v) is 11.8. The highest BCUT2D eigenvalue weighted by Gasteiger charge is 2.30. The summed E-state index contributed by atoms with van der Waals surface area (Å²) in [5.41, 5.74) is 6.97. The van der Waals surface area contributed by atoms with Crippen LogP contribution in [0, 0.1) is 6.92 Å². The van der Waals surface area contributed by atoms with Gasteiger partial charge < -0.3 is 20.5 Å². The summed E-state index contributed by atoms with van der Waals surface area (Å²) >= 11 is 1.49. The highest BCUT2D eigenvalue weighted by molar-refractivity contribution is 7.09. The number of carbonyl (C=O) groups is 3.